The van der Waals surface area contributed by atoms with E-state index in [1.807, 2.05) is 66.7 Å². The van der Waals surface area contributed by atoms with Crippen LogP contribution in [0.5, 0.6) is 5.75 Å². The van der Waals surface area contributed by atoms with Gasteiger partial charge in [-0.25, -0.2) is 0 Å². The molecule has 0 aliphatic heterocycles. The summed E-state index contributed by atoms with van der Waals surface area (Å²) in [6, 6.07) is 24.8. The summed E-state index contributed by atoms with van der Waals surface area (Å²) < 4.78 is 5.70. The van der Waals surface area contributed by atoms with Crippen molar-refractivity contribution in [2.24, 2.45) is 11.7 Å². The average Bonchev–Trinajstić information content (AvgIpc) is 2.83. The van der Waals surface area contributed by atoms with Crippen LogP contribution in [0.3, 0.4) is 0 Å². The summed E-state index contributed by atoms with van der Waals surface area (Å²) in [5, 5.41) is 16.3. The number of hydrogen-bond donors (Lipinski definition) is 4. The van der Waals surface area contributed by atoms with E-state index in [0.717, 1.165) is 28.9 Å². The number of carbonyl (C=O) groups is 2. The Morgan fingerprint density at radius 3 is 1.72 bits per heavy atom. The Labute approximate surface area is 212 Å². The number of nitrogens with one attached hydrogen (secondary N) is 2. The van der Waals surface area contributed by atoms with Crippen LogP contribution in [0.1, 0.15) is 50.7 Å². The lowest BCUT2D eigenvalue weighted by Crippen LogP contribution is -2.40. The lowest BCUT2D eigenvalue weighted by molar-refractivity contribution is -0.115. The number of benzene rings is 3. The van der Waals surface area contributed by atoms with Crippen LogP contribution in [0, 0.1) is 5.92 Å². The first kappa shape index (κ1) is 26.9. The molecule has 3 aromatic rings. The second kappa shape index (κ2) is 12.9. The lowest BCUT2D eigenvalue weighted by Gasteiger charge is -2.26. The molecule has 0 bridgehead atoms. The minimum Gasteiger partial charge on any atom is -0.473 e. The number of aliphatic hydroxyl groups is 1. The van der Waals surface area contributed by atoms with Gasteiger partial charge in [0.2, 0.25) is 11.8 Å². The van der Waals surface area contributed by atoms with E-state index in [1.165, 1.54) is 13.8 Å². The van der Waals surface area contributed by atoms with Gasteiger partial charge in [0.25, 0.3) is 0 Å². The number of rotatable bonds is 11. The molecule has 0 saturated heterocycles. The van der Waals surface area contributed by atoms with E-state index in [1.54, 1.807) is 12.1 Å². The summed E-state index contributed by atoms with van der Waals surface area (Å²) in [6.07, 6.45) is -0.431. The van der Waals surface area contributed by atoms with Crippen LogP contribution >= 0.6 is 0 Å². The number of nitrogens with two attached hydrogens (primary N) is 1. The molecule has 3 rings (SSSR count). The number of hydrogen-bond acceptors (Lipinski definition) is 5. The highest BCUT2D eigenvalue weighted by Crippen LogP contribution is 2.34. The zero-order valence-electron chi connectivity index (χ0n) is 21.0. The van der Waals surface area contributed by atoms with Gasteiger partial charge in [-0.3, -0.25) is 15.3 Å². The molecule has 0 spiro atoms. The first-order valence-corrected chi connectivity index (χ1v) is 12.1. The van der Waals surface area contributed by atoms with Gasteiger partial charge in [-0.1, -0.05) is 49.4 Å². The smallest absolute Gasteiger partial charge is 0.221 e. The molecule has 0 heterocycles. The maximum Gasteiger partial charge on any atom is 0.221 e. The standard InChI is InChI=1S/C29H35N3O4/c1-19(18-28(35)29(30)36-26-7-5-4-6-8-26)17-27(22-9-13-24(14-10-22)31-20(2)33)23-11-15-25(16-12-23)32-21(3)34/h4-16,19,27-29,35H,17-18,30H2,1-3H3,(H,31,33)(H,32,34)/t19?,28-,29?/m0/s1. The minimum atomic E-state index is -0.831. The highest BCUT2D eigenvalue weighted by molar-refractivity contribution is 5.89. The van der Waals surface area contributed by atoms with Gasteiger partial charge in [0, 0.05) is 31.1 Å². The maximum absolute atomic E-state index is 11.4. The Morgan fingerprint density at radius 2 is 1.28 bits per heavy atom. The van der Waals surface area contributed by atoms with Crippen molar-refractivity contribution >= 4 is 23.2 Å². The molecule has 5 N–H and O–H groups in total. The molecule has 0 aromatic heterocycles. The molecular weight excluding hydrogens is 454 g/mol. The number of ether oxygens (including phenoxy) is 1. The lowest BCUT2D eigenvalue weighted by atomic mass is 9.82. The number of amides is 2. The van der Waals surface area contributed by atoms with Gasteiger partial charge < -0.3 is 20.5 Å². The van der Waals surface area contributed by atoms with Crippen molar-refractivity contribution in [1.29, 1.82) is 0 Å². The molecule has 7 heteroatoms. The molecule has 0 aliphatic rings. The van der Waals surface area contributed by atoms with Crippen LogP contribution < -0.4 is 21.1 Å². The largest absolute Gasteiger partial charge is 0.473 e. The van der Waals surface area contributed by atoms with E-state index in [4.69, 9.17) is 10.5 Å². The van der Waals surface area contributed by atoms with Crippen LogP contribution in [0.15, 0.2) is 78.9 Å². The van der Waals surface area contributed by atoms with E-state index in [0.29, 0.717) is 12.2 Å². The first-order valence-electron chi connectivity index (χ1n) is 12.1. The highest BCUT2D eigenvalue weighted by Gasteiger charge is 2.23. The highest BCUT2D eigenvalue weighted by atomic mass is 16.5. The van der Waals surface area contributed by atoms with Crippen molar-refractivity contribution < 1.29 is 19.4 Å². The topological polar surface area (TPSA) is 114 Å². The van der Waals surface area contributed by atoms with Gasteiger partial charge in [0.15, 0.2) is 6.23 Å². The number of anilines is 2. The van der Waals surface area contributed by atoms with Crippen LogP contribution in [-0.2, 0) is 9.59 Å². The molecular formula is C29H35N3O4. The third-order valence-electron chi connectivity index (χ3n) is 5.94. The summed E-state index contributed by atoms with van der Waals surface area (Å²) in [4.78, 5) is 22.8. The van der Waals surface area contributed by atoms with Crippen molar-refractivity contribution in [2.75, 3.05) is 10.6 Å². The minimum absolute atomic E-state index is 0.0382. The van der Waals surface area contributed by atoms with Crippen LogP contribution in [0.25, 0.3) is 0 Å². The monoisotopic (exact) mass is 489 g/mol. The summed E-state index contributed by atoms with van der Waals surface area (Å²) in [6.45, 7) is 5.04. The second-order valence-corrected chi connectivity index (χ2v) is 9.20. The van der Waals surface area contributed by atoms with Crippen molar-refractivity contribution in [1.82, 2.24) is 0 Å². The maximum atomic E-state index is 11.4. The van der Waals surface area contributed by atoms with Crippen molar-refractivity contribution in [3.05, 3.63) is 90.0 Å². The Hall–Kier alpha value is -3.68. The SMILES string of the molecule is CC(=O)Nc1ccc(C(CC(C)C[C@H](O)C(N)Oc2ccccc2)c2ccc(NC(C)=O)cc2)cc1. The first-order chi connectivity index (χ1) is 17.2. The fraction of sp³-hybridized carbons (Fsp3) is 0.310. The Morgan fingerprint density at radius 1 is 0.806 bits per heavy atom. The van der Waals surface area contributed by atoms with E-state index >= 15 is 0 Å². The van der Waals surface area contributed by atoms with E-state index in [9.17, 15) is 14.7 Å². The fourth-order valence-electron chi connectivity index (χ4n) is 4.25. The zero-order chi connectivity index (χ0) is 26.1. The van der Waals surface area contributed by atoms with Gasteiger partial charge in [0.1, 0.15) is 11.9 Å². The second-order valence-electron chi connectivity index (χ2n) is 9.20. The van der Waals surface area contributed by atoms with Gasteiger partial charge in [0.05, 0.1) is 0 Å². The molecule has 0 saturated carbocycles. The molecule has 36 heavy (non-hydrogen) atoms. The van der Waals surface area contributed by atoms with Crippen molar-refractivity contribution in [3.63, 3.8) is 0 Å². The third-order valence-corrected chi connectivity index (χ3v) is 5.94. The van der Waals surface area contributed by atoms with E-state index in [-0.39, 0.29) is 23.7 Å². The van der Waals surface area contributed by atoms with E-state index in [2.05, 4.69) is 17.6 Å². The van der Waals surface area contributed by atoms with E-state index < -0.39 is 12.3 Å². The summed E-state index contributed by atoms with van der Waals surface area (Å²) >= 11 is 0. The zero-order valence-corrected chi connectivity index (χ0v) is 21.0. The predicted molar refractivity (Wildman–Crippen MR) is 143 cm³/mol. The molecule has 0 radical (unpaired) electrons. The van der Waals surface area contributed by atoms with Crippen LogP contribution in [0.2, 0.25) is 0 Å². The van der Waals surface area contributed by atoms with Gasteiger partial charge >= 0.3 is 0 Å². The molecule has 0 fully saturated rings. The van der Waals surface area contributed by atoms with Crippen molar-refractivity contribution in [3.8, 4) is 5.75 Å². The fourth-order valence-corrected chi connectivity index (χ4v) is 4.25. The Balaban J connectivity index is 1.75. The molecule has 190 valence electrons. The third kappa shape index (κ3) is 8.22. The molecule has 3 aromatic carbocycles. The molecule has 2 amide bonds. The summed E-state index contributed by atoms with van der Waals surface area (Å²) in [5.41, 5.74) is 9.76. The van der Waals surface area contributed by atoms with Crippen LogP contribution in [-0.4, -0.2) is 29.3 Å². The molecule has 0 aliphatic carbocycles. The summed E-state index contributed by atoms with van der Waals surface area (Å²) in [7, 11) is 0. The number of aliphatic hydroxyl groups excluding tert-OH is 1. The van der Waals surface area contributed by atoms with Gasteiger partial charge in [-0.2, -0.15) is 0 Å². The molecule has 3 atom stereocenters. The normalized spacial score (nSPS) is 13.5. The number of carbonyl (C=O) groups excluding carboxylic acids is 2. The van der Waals surface area contributed by atoms with Gasteiger partial charge in [-0.05, 0) is 66.3 Å². The predicted octanol–water partition coefficient (Wildman–Crippen LogP) is 4.88. The summed E-state index contributed by atoms with van der Waals surface area (Å²) in [5.74, 6) is 0.541. The molecule has 7 nitrogen and oxygen atoms in total. The van der Waals surface area contributed by atoms with Crippen LogP contribution in [0.4, 0.5) is 11.4 Å². The Bertz CT molecular complexity index is 1060. The average molecular weight is 490 g/mol. The van der Waals surface area contributed by atoms with Crippen molar-refractivity contribution in [2.45, 2.75) is 51.9 Å². The number of para-hydroxylation sites is 1. The quantitative estimate of drug-likeness (QED) is 0.287. The Kier molecular flexibility index (Phi) is 9.61. The van der Waals surface area contributed by atoms with Gasteiger partial charge in [-0.15, -0.1) is 0 Å². The molecule has 2 unspecified atom stereocenters.